The molecule has 0 N–H and O–H groups in total. The lowest BCUT2D eigenvalue weighted by Gasteiger charge is -2.16. The van der Waals surface area contributed by atoms with Gasteiger partial charge >= 0.3 is 0 Å². The average Bonchev–Trinajstić information content (AvgIpc) is 3.64. The van der Waals surface area contributed by atoms with Gasteiger partial charge in [0.05, 0.1) is 33.7 Å². The Balaban J connectivity index is 1.22. The van der Waals surface area contributed by atoms with Crippen molar-refractivity contribution in [2.45, 2.75) is 13.8 Å². The first-order chi connectivity index (χ1) is 23.6. The van der Waals surface area contributed by atoms with Crippen molar-refractivity contribution in [2.24, 2.45) is 0 Å². The van der Waals surface area contributed by atoms with E-state index in [0.717, 1.165) is 16.7 Å². The number of hydrogen-bond donors (Lipinski definition) is 0. The van der Waals surface area contributed by atoms with Crippen molar-refractivity contribution in [2.75, 3.05) is 0 Å². The van der Waals surface area contributed by atoms with Crippen LogP contribution in [-0.2, 0) is 0 Å². The van der Waals surface area contributed by atoms with Crippen molar-refractivity contribution in [1.82, 2.24) is 9.13 Å². The molecular weight excluding hydrogens is 583 g/mol. The highest BCUT2D eigenvalue weighted by Crippen LogP contribution is 2.39. The molecule has 3 heteroatoms. The molecule has 0 radical (unpaired) electrons. The molecule has 0 amide bonds. The van der Waals surface area contributed by atoms with Gasteiger partial charge in [-0.25, -0.2) is 0 Å². The van der Waals surface area contributed by atoms with Crippen molar-refractivity contribution in [3.63, 3.8) is 0 Å². The summed E-state index contributed by atoms with van der Waals surface area (Å²) < 4.78 is 4.72. The van der Waals surface area contributed by atoms with Crippen LogP contribution in [0.15, 0.2) is 152 Å². The van der Waals surface area contributed by atoms with E-state index >= 15 is 0 Å². The summed E-state index contributed by atoms with van der Waals surface area (Å²) in [4.78, 5) is 0. The second-order valence-electron chi connectivity index (χ2n) is 12.6. The van der Waals surface area contributed by atoms with Gasteiger partial charge in [0, 0.05) is 32.9 Å². The second kappa shape index (κ2) is 10.9. The van der Waals surface area contributed by atoms with Crippen LogP contribution in [0.5, 0.6) is 0 Å². The Morgan fingerprint density at radius 2 is 1.00 bits per heavy atom. The third-order valence-corrected chi connectivity index (χ3v) is 9.91. The second-order valence-corrected chi connectivity index (χ2v) is 12.6. The number of fused-ring (bicyclic) bond motifs is 6. The molecule has 0 bridgehead atoms. The summed E-state index contributed by atoms with van der Waals surface area (Å²) in [5.74, 6) is 0. The SMILES string of the molecule is Cc1ccccc1-c1cccc(-n2c3ccccc3c3cc(-c4ccc5c(c4)c4ccccc4n5-c4ccc(C#N)cc4)ccc32)c1C. The lowest BCUT2D eigenvalue weighted by atomic mass is 9.95. The van der Waals surface area contributed by atoms with Gasteiger partial charge in [-0.3, -0.25) is 0 Å². The largest absolute Gasteiger partial charge is 0.309 e. The molecule has 7 aromatic carbocycles. The van der Waals surface area contributed by atoms with Crippen LogP contribution in [0, 0.1) is 25.2 Å². The van der Waals surface area contributed by atoms with Crippen molar-refractivity contribution in [1.29, 1.82) is 5.26 Å². The van der Waals surface area contributed by atoms with E-state index in [1.54, 1.807) is 0 Å². The molecule has 0 fully saturated rings. The van der Waals surface area contributed by atoms with Gasteiger partial charge in [0.15, 0.2) is 0 Å². The average molecular weight is 614 g/mol. The Bertz CT molecular complexity index is 2750. The normalized spacial score (nSPS) is 11.5. The van der Waals surface area contributed by atoms with Crippen LogP contribution in [0.1, 0.15) is 16.7 Å². The molecule has 9 rings (SSSR count). The summed E-state index contributed by atoms with van der Waals surface area (Å²) >= 11 is 0. The van der Waals surface area contributed by atoms with Crippen LogP contribution in [0.2, 0.25) is 0 Å². The maximum absolute atomic E-state index is 9.34. The molecule has 9 aromatic rings. The quantitative estimate of drug-likeness (QED) is 0.194. The summed E-state index contributed by atoms with van der Waals surface area (Å²) in [6, 6.07) is 56.4. The van der Waals surface area contributed by atoms with Gasteiger partial charge in [0.1, 0.15) is 0 Å². The highest BCUT2D eigenvalue weighted by atomic mass is 15.0. The smallest absolute Gasteiger partial charge is 0.0991 e. The van der Waals surface area contributed by atoms with Crippen LogP contribution in [0.4, 0.5) is 0 Å². The molecule has 0 atom stereocenters. The molecule has 2 aromatic heterocycles. The Hall–Kier alpha value is -6.37. The number of para-hydroxylation sites is 2. The lowest BCUT2D eigenvalue weighted by Crippen LogP contribution is -1.99. The summed E-state index contributed by atoms with van der Waals surface area (Å²) in [7, 11) is 0. The highest BCUT2D eigenvalue weighted by Gasteiger charge is 2.18. The minimum Gasteiger partial charge on any atom is -0.309 e. The first-order valence-corrected chi connectivity index (χ1v) is 16.3. The Labute approximate surface area is 279 Å². The molecule has 0 saturated carbocycles. The van der Waals surface area contributed by atoms with E-state index in [9.17, 15) is 5.26 Å². The predicted molar refractivity (Wildman–Crippen MR) is 200 cm³/mol. The number of hydrogen-bond acceptors (Lipinski definition) is 1. The number of rotatable bonds is 4. The summed E-state index contributed by atoms with van der Waals surface area (Å²) in [5.41, 5.74) is 15.1. The van der Waals surface area contributed by atoms with E-state index in [4.69, 9.17) is 0 Å². The number of benzene rings is 7. The Morgan fingerprint density at radius 3 is 1.65 bits per heavy atom. The van der Waals surface area contributed by atoms with Gasteiger partial charge in [-0.15, -0.1) is 0 Å². The molecule has 0 saturated heterocycles. The van der Waals surface area contributed by atoms with Crippen molar-refractivity contribution >= 4 is 43.6 Å². The molecule has 226 valence electrons. The maximum atomic E-state index is 9.34. The van der Waals surface area contributed by atoms with E-state index in [2.05, 4.69) is 156 Å². The van der Waals surface area contributed by atoms with Crippen molar-refractivity contribution in [3.8, 4) is 39.7 Å². The zero-order valence-corrected chi connectivity index (χ0v) is 26.8. The third-order valence-electron chi connectivity index (χ3n) is 9.91. The van der Waals surface area contributed by atoms with Gasteiger partial charge in [-0.2, -0.15) is 5.26 Å². The molecule has 0 aliphatic rings. The number of aryl methyl sites for hydroxylation is 1. The van der Waals surface area contributed by atoms with Crippen LogP contribution in [0.3, 0.4) is 0 Å². The van der Waals surface area contributed by atoms with E-state index in [0.29, 0.717) is 5.56 Å². The van der Waals surface area contributed by atoms with Gasteiger partial charge in [-0.1, -0.05) is 84.9 Å². The first-order valence-electron chi connectivity index (χ1n) is 16.3. The van der Waals surface area contributed by atoms with Crippen molar-refractivity contribution < 1.29 is 0 Å². The lowest BCUT2D eigenvalue weighted by molar-refractivity contribution is 1.15. The van der Waals surface area contributed by atoms with Gasteiger partial charge < -0.3 is 9.13 Å². The third kappa shape index (κ3) is 4.20. The fourth-order valence-corrected chi connectivity index (χ4v) is 7.56. The maximum Gasteiger partial charge on any atom is 0.0991 e. The molecule has 2 heterocycles. The number of nitriles is 1. The van der Waals surface area contributed by atoms with Crippen LogP contribution < -0.4 is 0 Å². The minimum absolute atomic E-state index is 0.660. The van der Waals surface area contributed by atoms with Crippen molar-refractivity contribution in [3.05, 3.63) is 168 Å². The van der Waals surface area contributed by atoms with E-state index in [-0.39, 0.29) is 0 Å². The summed E-state index contributed by atoms with van der Waals surface area (Å²) in [6.07, 6.45) is 0. The molecule has 48 heavy (non-hydrogen) atoms. The minimum atomic E-state index is 0.660. The molecular formula is C45H31N3. The standard InChI is InChI=1S/C45H31N3/c1-29-10-3-4-11-35(29)36-14-9-17-41(30(36)2)48-43-16-8-6-13-38(43)40-27-33(21-25-45(40)48)32-20-24-44-39(26-32)37-12-5-7-15-42(37)47(44)34-22-18-31(28-46)19-23-34/h3-27H,1-2H3. The highest BCUT2D eigenvalue weighted by molar-refractivity contribution is 6.12. The fraction of sp³-hybridized carbons (Fsp3) is 0.0444. The summed E-state index contributed by atoms with van der Waals surface area (Å²) in [5, 5.41) is 14.2. The first kappa shape index (κ1) is 27.9. The number of nitrogens with zero attached hydrogens (tertiary/aromatic N) is 3. The number of aromatic nitrogens is 2. The topological polar surface area (TPSA) is 33.6 Å². The van der Waals surface area contributed by atoms with Gasteiger partial charge in [0.2, 0.25) is 0 Å². The Morgan fingerprint density at radius 1 is 0.458 bits per heavy atom. The Kier molecular flexibility index (Phi) is 6.32. The molecule has 0 unspecified atom stereocenters. The van der Waals surface area contributed by atoms with E-state index < -0.39 is 0 Å². The van der Waals surface area contributed by atoms with Crippen LogP contribution in [0.25, 0.3) is 77.2 Å². The summed E-state index contributed by atoms with van der Waals surface area (Å²) in [6.45, 7) is 4.43. The van der Waals surface area contributed by atoms with Gasteiger partial charge in [0.25, 0.3) is 0 Å². The molecule has 0 spiro atoms. The van der Waals surface area contributed by atoms with E-state index in [1.807, 2.05) is 24.3 Å². The van der Waals surface area contributed by atoms with E-state index in [1.165, 1.54) is 71.6 Å². The monoisotopic (exact) mass is 613 g/mol. The van der Waals surface area contributed by atoms with Crippen LogP contribution >= 0.6 is 0 Å². The van der Waals surface area contributed by atoms with Crippen LogP contribution in [-0.4, -0.2) is 9.13 Å². The molecule has 0 aliphatic heterocycles. The fourth-order valence-electron chi connectivity index (χ4n) is 7.56. The molecule has 0 aliphatic carbocycles. The molecule has 3 nitrogen and oxygen atoms in total. The zero-order valence-electron chi connectivity index (χ0n) is 26.8. The zero-order chi connectivity index (χ0) is 32.4. The van der Waals surface area contributed by atoms with Gasteiger partial charge in [-0.05, 0) is 114 Å². The predicted octanol–water partition coefficient (Wildman–Crippen LogP) is 11.7.